The number of aromatic nitrogens is 4. The van der Waals surface area contributed by atoms with Crippen LogP contribution in [-0.2, 0) is 13.1 Å². The zero-order valence-corrected chi connectivity index (χ0v) is 17.1. The summed E-state index contributed by atoms with van der Waals surface area (Å²) in [4.78, 5) is 33.7. The van der Waals surface area contributed by atoms with E-state index in [9.17, 15) is 9.59 Å². The Bertz CT molecular complexity index is 1260. The van der Waals surface area contributed by atoms with Crippen molar-refractivity contribution in [1.82, 2.24) is 24.4 Å². The monoisotopic (exact) mass is 421 g/mol. The van der Waals surface area contributed by atoms with Gasteiger partial charge in [0.15, 0.2) is 5.65 Å². The zero-order valence-electron chi connectivity index (χ0n) is 16.4. The summed E-state index contributed by atoms with van der Waals surface area (Å²) in [5.74, 6) is -0.274. The Labute approximate surface area is 178 Å². The molecule has 0 unspecified atom stereocenters. The Hall–Kier alpha value is -3.45. The highest BCUT2D eigenvalue weighted by Crippen LogP contribution is 2.13. The second kappa shape index (κ2) is 8.51. The van der Waals surface area contributed by atoms with Crippen molar-refractivity contribution in [2.24, 2.45) is 0 Å². The highest BCUT2D eigenvalue weighted by atomic mass is 35.5. The van der Waals surface area contributed by atoms with Crippen molar-refractivity contribution in [3.63, 3.8) is 0 Å². The van der Waals surface area contributed by atoms with Crippen molar-refractivity contribution in [3.8, 4) is 0 Å². The van der Waals surface area contributed by atoms with Crippen molar-refractivity contribution < 1.29 is 4.79 Å². The number of carbonyl (C=O) groups excluding carboxylic acids is 1. The topological polar surface area (TPSA) is 81.8 Å². The fourth-order valence-corrected chi connectivity index (χ4v) is 3.50. The fourth-order valence-electron chi connectivity index (χ4n) is 3.39. The molecule has 0 saturated heterocycles. The number of imidazole rings is 1. The van der Waals surface area contributed by atoms with Crippen LogP contribution in [0.1, 0.15) is 21.5 Å². The van der Waals surface area contributed by atoms with Gasteiger partial charge in [0.05, 0.1) is 17.6 Å². The van der Waals surface area contributed by atoms with Gasteiger partial charge in [0.1, 0.15) is 5.15 Å². The number of nitrogens with one attached hydrogen (secondary N) is 1. The minimum atomic E-state index is -0.274. The molecule has 152 valence electrons. The average molecular weight is 422 g/mol. The summed E-state index contributed by atoms with van der Waals surface area (Å²) in [6.45, 7) is 3.07. The van der Waals surface area contributed by atoms with E-state index in [-0.39, 0.29) is 18.1 Å². The summed E-state index contributed by atoms with van der Waals surface area (Å²) in [5.41, 5.74) is 3.79. The Kier molecular flexibility index (Phi) is 5.63. The number of pyridine rings is 2. The molecule has 4 aromatic rings. The smallest absolute Gasteiger partial charge is 0.330 e. The largest absolute Gasteiger partial charge is 0.350 e. The Balaban J connectivity index is 1.55. The molecular formula is C22H20ClN5O2. The molecule has 0 spiro atoms. The van der Waals surface area contributed by atoms with Gasteiger partial charge in [-0.2, -0.15) is 0 Å². The first-order valence-corrected chi connectivity index (χ1v) is 9.90. The number of amides is 1. The fraction of sp³-hybridized carbons (Fsp3) is 0.182. The minimum absolute atomic E-state index is 0.160. The first kappa shape index (κ1) is 19.8. The van der Waals surface area contributed by atoms with Gasteiger partial charge >= 0.3 is 5.69 Å². The van der Waals surface area contributed by atoms with Gasteiger partial charge in [0, 0.05) is 25.5 Å². The maximum Gasteiger partial charge on any atom is 0.330 e. The molecule has 7 nitrogen and oxygen atoms in total. The zero-order chi connectivity index (χ0) is 21.1. The van der Waals surface area contributed by atoms with E-state index in [4.69, 9.17) is 11.6 Å². The van der Waals surface area contributed by atoms with Crippen LogP contribution in [0, 0.1) is 6.92 Å². The molecule has 4 rings (SSSR count). The van der Waals surface area contributed by atoms with Crippen LogP contribution in [0.3, 0.4) is 0 Å². The van der Waals surface area contributed by atoms with Crippen molar-refractivity contribution in [2.45, 2.75) is 20.0 Å². The Morgan fingerprint density at radius 1 is 1.10 bits per heavy atom. The molecule has 0 aliphatic rings. The van der Waals surface area contributed by atoms with E-state index in [1.165, 1.54) is 6.20 Å². The summed E-state index contributed by atoms with van der Waals surface area (Å²) in [6, 6.07) is 14.9. The molecule has 0 atom stereocenters. The van der Waals surface area contributed by atoms with Gasteiger partial charge < -0.3 is 5.32 Å². The lowest BCUT2D eigenvalue weighted by molar-refractivity contribution is 0.0952. The maximum absolute atomic E-state index is 13.1. The third-order valence-electron chi connectivity index (χ3n) is 4.81. The van der Waals surface area contributed by atoms with Gasteiger partial charge in [-0.3, -0.25) is 13.9 Å². The van der Waals surface area contributed by atoms with E-state index in [0.29, 0.717) is 29.5 Å². The standard InChI is InChI=1S/C22H20ClN5O2/c1-15-4-2-5-16(12-15)14-28-18-6-3-9-24-20(18)27(22(28)30)11-10-25-21(29)17-7-8-19(23)26-13-17/h2-9,12-13H,10-11,14H2,1H3,(H,25,29). The third kappa shape index (κ3) is 4.11. The Morgan fingerprint density at radius 3 is 2.73 bits per heavy atom. The lowest BCUT2D eigenvalue weighted by Crippen LogP contribution is -2.32. The van der Waals surface area contributed by atoms with E-state index in [1.54, 1.807) is 27.5 Å². The molecule has 0 radical (unpaired) electrons. The van der Waals surface area contributed by atoms with E-state index >= 15 is 0 Å². The summed E-state index contributed by atoms with van der Waals surface area (Å²) in [6.07, 6.45) is 3.08. The first-order chi connectivity index (χ1) is 14.5. The SMILES string of the molecule is Cc1cccc(Cn2c(=O)n(CCNC(=O)c3ccc(Cl)nc3)c3ncccc32)c1. The van der Waals surface area contributed by atoms with Crippen LogP contribution in [0.15, 0.2) is 65.7 Å². The molecule has 3 heterocycles. The van der Waals surface area contributed by atoms with Crippen LogP contribution in [0.4, 0.5) is 0 Å². The molecule has 0 fully saturated rings. The van der Waals surface area contributed by atoms with Crippen LogP contribution in [-0.4, -0.2) is 31.6 Å². The van der Waals surface area contributed by atoms with Gasteiger partial charge in [0.2, 0.25) is 0 Å². The highest BCUT2D eigenvalue weighted by Gasteiger charge is 2.15. The maximum atomic E-state index is 13.1. The van der Waals surface area contributed by atoms with Crippen LogP contribution < -0.4 is 11.0 Å². The highest BCUT2D eigenvalue weighted by molar-refractivity contribution is 6.29. The minimum Gasteiger partial charge on any atom is -0.350 e. The van der Waals surface area contributed by atoms with Gasteiger partial charge in [-0.1, -0.05) is 41.4 Å². The van der Waals surface area contributed by atoms with Crippen LogP contribution >= 0.6 is 11.6 Å². The number of hydrogen-bond acceptors (Lipinski definition) is 4. The number of aryl methyl sites for hydroxylation is 1. The lowest BCUT2D eigenvalue weighted by atomic mass is 10.1. The second-order valence-electron chi connectivity index (χ2n) is 6.98. The van der Waals surface area contributed by atoms with Gasteiger partial charge in [0.25, 0.3) is 5.91 Å². The van der Waals surface area contributed by atoms with E-state index in [2.05, 4.69) is 21.4 Å². The van der Waals surface area contributed by atoms with Crippen LogP contribution in [0.5, 0.6) is 0 Å². The summed E-state index contributed by atoms with van der Waals surface area (Å²) in [7, 11) is 0. The first-order valence-electron chi connectivity index (χ1n) is 9.52. The van der Waals surface area contributed by atoms with Crippen molar-refractivity contribution in [2.75, 3.05) is 6.54 Å². The quantitative estimate of drug-likeness (QED) is 0.485. The average Bonchev–Trinajstić information content (AvgIpc) is 3.00. The van der Waals surface area contributed by atoms with E-state index in [1.807, 2.05) is 37.3 Å². The predicted molar refractivity (Wildman–Crippen MR) is 116 cm³/mol. The Morgan fingerprint density at radius 2 is 1.97 bits per heavy atom. The number of fused-ring (bicyclic) bond motifs is 1. The van der Waals surface area contributed by atoms with Crippen molar-refractivity contribution in [1.29, 1.82) is 0 Å². The molecule has 0 saturated carbocycles. The number of nitrogens with zero attached hydrogens (tertiary/aromatic N) is 4. The molecule has 1 N–H and O–H groups in total. The molecule has 8 heteroatoms. The van der Waals surface area contributed by atoms with Gasteiger partial charge in [-0.15, -0.1) is 0 Å². The van der Waals surface area contributed by atoms with E-state index in [0.717, 1.165) is 16.6 Å². The second-order valence-corrected chi connectivity index (χ2v) is 7.37. The molecule has 1 aromatic carbocycles. The van der Waals surface area contributed by atoms with Crippen LogP contribution in [0.25, 0.3) is 11.2 Å². The number of carbonyl (C=O) groups is 1. The predicted octanol–water partition coefficient (Wildman–Crippen LogP) is 3.03. The van der Waals surface area contributed by atoms with Crippen molar-refractivity contribution >= 4 is 28.7 Å². The van der Waals surface area contributed by atoms with Gasteiger partial charge in [-0.05, 0) is 36.8 Å². The van der Waals surface area contributed by atoms with Gasteiger partial charge in [-0.25, -0.2) is 14.8 Å². The molecule has 3 aromatic heterocycles. The van der Waals surface area contributed by atoms with Crippen molar-refractivity contribution in [3.05, 3.63) is 93.3 Å². The van der Waals surface area contributed by atoms with E-state index < -0.39 is 0 Å². The third-order valence-corrected chi connectivity index (χ3v) is 5.03. The summed E-state index contributed by atoms with van der Waals surface area (Å²) >= 11 is 5.75. The number of halogens is 1. The normalized spacial score (nSPS) is 11.0. The molecule has 0 aliphatic heterocycles. The van der Waals surface area contributed by atoms with Crippen LogP contribution in [0.2, 0.25) is 5.15 Å². The molecule has 0 bridgehead atoms. The number of rotatable bonds is 6. The number of hydrogen-bond donors (Lipinski definition) is 1. The number of benzene rings is 1. The summed E-state index contributed by atoms with van der Waals surface area (Å²) < 4.78 is 3.30. The molecule has 30 heavy (non-hydrogen) atoms. The lowest BCUT2D eigenvalue weighted by Gasteiger charge is -2.06. The molecule has 0 aliphatic carbocycles. The molecular weight excluding hydrogens is 402 g/mol. The summed E-state index contributed by atoms with van der Waals surface area (Å²) in [5, 5.41) is 3.13. The molecule has 1 amide bonds.